The Bertz CT molecular complexity index is 1000. The molecule has 0 radical (unpaired) electrons. The van der Waals surface area contributed by atoms with E-state index >= 15 is 0 Å². The number of methoxy groups -OCH3 is 1. The largest absolute Gasteiger partial charge is 0.507 e. The number of benzene rings is 1. The van der Waals surface area contributed by atoms with Crippen molar-refractivity contribution in [2.45, 2.75) is 26.4 Å². The molecule has 1 fully saturated rings. The van der Waals surface area contributed by atoms with Crippen molar-refractivity contribution in [1.82, 2.24) is 14.4 Å². The van der Waals surface area contributed by atoms with Crippen LogP contribution in [-0.2, 0) is 16.0 Å². The second kappa shape index (κ2) is 10.8. The van der Waals surface area contributed by atoms with E-state index in [1.165, 1.54) is 0 Å². The van der Waals surface area contributed by atoms with Crippen LogP contribution in [0, 0.1) is 6.92 Å². The van der Waals surface area contributed by atoms with Gasteiger partial charge in [-0.1, -0.05) is 23.7 Å². The number of carbonyl (C=O) groups is 1. The van der Waals surface area contributed by atoms with Gasteiger partial charge >= 0.3 is 6.09 Å². The van der Waals surface area contributed by atoms with Gasteiger partial charge < -0.3 is 24.0 Å². The van der Waals surface area contributed by atoms with E-state index in [-0.39, 0.29) is 17.4 Å². The highest BCUT2D eigenvalue weighted by Gasteiger charge is 2.32. The molecule has 0 spiro atoms. The maximum atomic E-state index is 13.5. The summed E-state index contributed by atoms with van der Waals surface area (Å²) in [5.74, 6) is -0.0565. The van der Waals surface area contributed by atoms with Crippen molar-refractivity contribution in [2.24, 2.45) is 0 Å². The van der Waals surface area contributed by atoms with Crippen LogP contribution in [0.3, 0.4) is 0 Å². The standard InChI is InChI=1S/C23H30ClN3O5/c1-4-32-23(30)26-10-8-25(9-11-26)21(17-6-5-7-18(24)15-17)20-19(28)14-16(2)27(22(20)29)12-13-31-3/h5-7,14-15,21,28H,4,8-13H2,1-3H3/t21-/m1/s1. The minimum absolute atomic E-state index is 0.0565. The Hall–Kier alpha value is -2.55. The third kappa shape index (κ3) is 5.26. The van der Waals surface area contributed by atoms with Gasteiger partial charge in [0.25, 0.3) is 5.56 Å². The van der Waals surface area contributed by atoms with Crippen LogP contribution in [0.5, 0.6) is 5.75 Å². The highest BCUT2D eigenvalue weighted by atomic mass is 35.5. The maximum absolute atomic E-state index is 13.5. The summed E-state index contributed by atoms with van der Waals surface area (Å²) in [7, 11) is 1.58. The molecule has 1 N–H and O–H groups in total. The molecule has 9 heteroatoms. The first-order chi connectivity index (χ1) is 15.4. The van der Waals surface area contributed by atoms with E-state index in [2.05, 4.69) is 4.90 Å². The molecular formula is C23H30ClN3O5. The fraction of sp³-hybridized carbons (Fsp3) is 0.478. The molecule has 1 amide bonds. The molecule has 0 saturated carbocycles. The first-order valence-corrected chi connectivity index (χ1v) is 11.1. The lowest BCUT2D eigenvalue weighted by Crippen LogP contribution is -2.50. The van der Waals surface area contributed by atoms with Crippen molar-refractivity contribution in [2.75, 3.05) is 46.5 Å². The first kappa shape index (κ1) is 24.1. The Morgan fingerprint density at radius 3 is 2.56 bits per heavy atom. The van der Waals surface area contributed by atoms with Crippen LogP contribution in [0.1, 0.15) is 29.8 Å². The topological polar surface area (TPSA) is 84.2 Å². The summed E-state index contributed by atoms with van der Waals surface area (Å²) in [6.45, 7) is 6.59. The number of nitrogens with zero attached hydrogens (tertiary/aromatic N) is 3. The Labute approximate surface area is 192 Å². The number of piperazine rings is 1. The van der Waals surface area contributed by atoms with Crippen molar-refractivity contribution in [3.05, 3.63) is 62.5 Å². The normalized spacial score (nSPS) is 15.6. The molecule has 1 aliphatic rings. The molecule has 2 heterocycles. The fourth-order valence-electron chi connectivity index (χ4n) is 4.10. The summed E-state index contributed by atoms with van der Waals surface area (Å²) in [6, 6.07) is 8.40. The number of pyridine rings is 1. The lowest BCUT2D eigenvalue weighted by molar-refractivity contribution is 0.0709. The van der Waals surface area contributed by atoms with Crippen LogP contribution in [0.2, 0.25) is 5.02 Å². The zero-order chi connectivity index (χ0) is 23.3. The average Bonchev–Trinajstić information content (AvgIpc) is 2.77. The average molecular weight is 464 g/mol. The van der Waals surface area contributed by atoms with Crippen LogP contribution in [0.25, 0.3) is 0 Å². The molecule has 174 valence electrons. The minimum atomic E-state index is -0.514. The Morgan fingerprint density at radius 1 is 1.22 bits per heavy atom. The Balaban J connectivity index is 2.02. The summed E-state index contributed by atoms with van der Waals surface area (Å²) in [6.07, 6.45) is -0.341. The van der Waals surface area contributed by atoms with Gasteiger partial charge in [-0.05, 0) is 37.6 Å². The first-order valence-electron chi connectivity index (χ1n) is 10.7. The van der Waals surface area contributed by atoms with E-state index in [1.54, 1.807) is 42.6 Å². The van der Waals surface area contributed by atoms with Gasteiger partial charge in [0, 0.05) is 50.6 Å². The molecule has 1 aliphatic heterocycles. The molecule has 1 aromatic heterocycles. The zero-order valence-corrected chi connectivity index (χ0v) is 19.5. The van der Waals surface area contributed by atoms with Crippen LogP contribution in [0.15, 0.2) is 35.1 Å². The van der Waals surface area contributed by atoms with Gasteiger partial charge in [-0.25, -0.2) is 4.79 Å². The quantitative estimate of drug-likeness (QED) is 0.679. The summed E-state index contributed by atoms with van der Waals surface area (Å²) in [4.78, 5) is 29.4. The Kier molecular flexibility index (Phi) is 8.17. The number of aromatic hydroxyl groups is 1. The van der Waals surface area contributed by atoms with E-state index in [0.29, 0.717) is 62.2 Å². The van der Waals surface area contributed by atoms with E-state index < -0.39 is 6.04 Å². The number of carbonyl (C=O) groups excluding carboxylic acids is 1. The Morgan fingerprint density at radius 2 is 1.94 bits per heavy atom. The number of ether oxygens (including phenoxy) is 2. The van der Waals surface area contributed by atoms with E-state index in [4.69, 9.17) is 21.1 Å². The van der Waals surface area contributed by atoms with E-state index in [9.17, 15) is 14.7 Å². The van der Waals surface area contributed by atoms with Crippen LogP contribution in [-0.4, -0.2) is 72.1 Å². The maximum Gasteiger partial charge on any atom is 0.409 e. The molecule has 3 rings (SSSR count). The molecule has 0 unspecified atom stereocenters. The lowest BCUT2D eigenvalue weighted by atomic mass is 9.96. The second-order valence-electron chi connectivity index (χ2n) is 7.71. The highest BCUT2D eigenvalue weighted by Crippen LogP contribution is 2.34. The van der Waals surface area contributed by atoms with Crippen molar-refractivity contribution >= 4 is 17.7 Å². The van der Waals surface area contributed by atoms with Crippen LogP contribution >= 0.6 is 11.6 Å². The molecule has 1 saturated heterocycles. The van der Waals surface area contributed by atoms with Gasteiger partial charge in [0.05, 0.1) is 24.8 Å². The van der Waals surface area contributed by atoms with Crippen molar-refractivity contribution in [3.63, 3.8) is 0 Å². The van der Waals surface area contributed by atoms with Crippen LogP contribution < -0.4 is 5.56 Å². The van der Waals surface area contributed by atoms with Gasteiger partial charge in [0.2, 0.25) is 0 Å². The van der Waals surface area contributed by atoms with Gasteiger partial charge in [-0.3, -0.25) is 9.69 Å². The van der Waals surface area contributed by atoms with Gasteiger partial charge in [-0.15, -0.1) is 0 Å². The molecule has 32 heavy (non-hydrogen) atoms. The SMILES string of the molecule is CCOC(=O)N1CCN([C@H](c2cccc(Cl)c2)c2c(O)cc(C)n(CCOC)c2=O)CC1. The lowest BCUT2D eigenvalue weighted by Gasteiger charge is -2.39. The smallest absolute Gasteiger partial charge is 0.409 e. The third-order valence-electron chi connectivity index (χ3n) is 5.69. The van der Waals surface area contributed by atoms with Gasteiger partial charge in [0.15, 0.2) is 0 Å². The number of hydrogen-bond acceptors (Lipinski definition) is 6. The number of aryl methyl sites for hydroxylation is 1. The minimum Gasteiger partial charge on any atom is -0.507 e. The van der Waals surface area contributed by atoms with Crippen molar-refractivity contribution in [3.8, 4) is 5.75 Å². The van der Waals surface area contributed by atoms with Crippen LogP contribution in [0.4, 0.5) is 4.79 Å². The summed E-state index contributed by atoms with van der Waals surface area (Å²) >= 11 is 6.27. The highest BCUT2D eigenvalue weighted by molar-refractivity contribution is 6.30. The zero-order valence-electron chi connectivity index (χ0n) is 18.7. The summed E-state index contributed by atoms with van der Waals surface area (Å²) in [5.41, 5.74) is 1.48. The number of amides is 1. The molecular weight excluding hydrogens is 434 g/mol. The van der Waals surface area contributed by atoms with Gasteiger partial charge in [-0.2, -0.15) is 0 Å². The fourth-order valence-corrected chi connectivity index (χ4v) is 4.30. The van der Waals surface area contributed by atoms with Crippen molar-refractivity contribution in [1.29, 1.82) is 0 Å². The summed E-state index contributed by atoms with van der Waals surface area (Å²) in [5, 5.41) is 11.4. The van der Waals surface area contributed by atoms with Gasteiger partial charge in [0.1, 0.15) is 5.75 Å². The van der Waals surface area contributed by atoms with E-state index in [0.717, 1.165) is 5.56 Å². The second-order valence-corrected chi connectivity index (χ2v) is 8.15. The van der Waals surface area contributed by atoms with E-state index in [1.807, 2.05) is 18.2 Å². The van der Waals surface area contributed by atoms with Crippen molar-refractivity contribution < 1.29 is 19.4 Å². The molecule has 8 nitrogen and oxygen atoms in total. The molecule has 0 bridgehead atoms. The molecule has 1 atom stereocenters. The monoisotopic (exact) mass is 463 g/mol. The predicted molar refractivity (Wildman–Crippen MR) is 122 cm³/mol. The predicted octanol–water partition coefficient (Wildman–Crippen LogP) is 3.03. The third-order valence-corrected chi connectivity index (χ3v) is 5.92. The number of rotatable bonds is 7. The molecule has 2 aromatic rings. The molecule has 0 aliphatic carbocycles. The number of hydrogen-bond donors (Lipinski definition) is 1. The number of aromatic nitrogens is 1. The number of halogens is 1. The summed E-state index contributed by atoms with van der Waals surface area (Å²) < 4.78 is 11.9. The molecule has 1 aromatic carbocycles.